The topological polar surface area (TPSA) is 61.4 Å². The van der Waals surface area contributed by atoms with Crippen molar-refractivity contribution in [3.05, 3.63) is 0 Å². The molecule has 0 aromatic heterocycles. The highest BCUT2D eigenvalue weighted by Crippen LogP contribution is 1.85. The van der Waals surface area contributed by atoms with Crippen LogP contribution in [0.15, 0.2) is 0 Å². The number of aliphatic hydroxyl groups excluding tert-OH is 1. The van der Waals surface area contributed by atoms with Crippen molar-refractivity contribution in [1.82, 2.24) is 10.6 Å². The van der Waals surface area contributed by atoms with Gasteiger partial charge in [-0.3, -0.25) is 4.79 Å². The summed E-state index contributed by atoms with van der Waals surface area (Å²) in [5.41, 5.74) is 0. The first kappa shape index (κ1) is 10.4. The van der Waals surface area contributed by atoms with E-state index in [1.165, 1.54) is 0 Å². The fraction of sp³-hybridized carbons (Fsp3) is 0.857. The molecule has 0 radical (unpaired) electrons. The minimum absolute atomic E-state index is 0.0833. The van der Waals surface area contributed by atoms with Crippen molar-refractivity contribution < 1.29 is 9.90 Å². The Morgan fingerprint density at radius 2 is 2.27 bits per heavy atom. The number of rotatable bonds is 5. The quantitative estimate of drug-likeness (QED) is 0.488. The van der Waals surface area contributed by atoms with E-state index >= 15 is 0 Å². The number of hydrogen-bond donors (Lipinski definition) is 3. The van der Waals surface area contributed by atoms with Gasteiger partial charge in [-0.1, -0.05) is 6.92 Å². The Morgan fingerprint density at radius 1 is 1.64 bits per heavy atom. The first-order valence-corrected chi connectivity index (χ1v) is 3.80. The average Bonchev–Trinajstić information content (AvgIpc) is 2.01. The highest BCUT2D eigenvalue weighted by atomic mass is 16.3. The van der Waals surface area contributed by atoms with E-state index in [-0.39, 0.29) is 5.91 Å². The summed E-state index contributed by atoms with van der Waals surface area (Å²) in [7, 11) is 1.70. The Labute approximate surface area is 67.0 Å². The molecule has 0 heterocycles. The number of aliphatic hydroxyl groups is 1. The van der Waals surface area contributed by atoms with Crippen LogP contribution in [-0.4, -0.2) is 37.3 Å². The maximum atomic E-state index is 10.8. The predicted octanol–water partition coefficient (Wildman–Crippen LogP) is -0.907. The maximum Gasteiger partial charge on any atom is 0.234 e. The van der Waals surface area contributed by atoms with E-state index in [1.807, 2.05) is 6.92 Å². The van der Waals surface area contributed by atoms with E-state index in [1.54, 1.807) is 7.05 Å². The number of carbonyl (C=O) groups excluding carboxylic acids is 1. The molecular weight excluding hydrogens is 144 g/mol. The van der Waals surface area contributed by atoms with Crippen LogP contribution in [0.2, 0.25) is 0 Å². The number of carbonyl (C=O) groups is 1. The molecule has 0 aromatic rings. The van der Waals surface area contributed by atoms with Gasteiger partial charge in [0, 0.05) is 6.54 Å². The molecule has 1 amide bonds. The average molecular weight is 160 g/mol. The van der Waals surface area contributed by atoms with Crippen LogP contribution in [0.5, 0.6) is 0 Å². The van der Waals surface area contributed by atoms with Gasteiger partial charge in [0.15, 0.2) is 0 Å². The lowest BCUT2D eigenvalue weighted by Gasteiger charge is -2.08. The number of likely N-dealkylation sites (N-methyl/N-ethyl adjacent to an activating group) is 1. The summed E-state index contributed by atoms with van der Waals surface area (Å²) in [6.45, 7) is 2.52. The summed E-state index contributed by atoms with van der Waals surface area (Å²) in [5.74, 6) is -0.0833. The fourth-order valence-corrected chi connectivity index (χ4v) is 0.599. The Kier molecular flexibility index (Phi) is 5.78. The number of hydrogen-bond acceptors (Lipinski definition) is 3. The van der Waals surface area contributed by atoms with Crippen molar-refractivity contribution in [1.29, 1.82) is 0 Å². The molecule has 4 nitrogen and oxygen atoms in total. The highest BCUT2D eigenvalue weighted by Gasteiger charge is 2.02. The van der Waals surface area contributed by atoms with E-state index in [0.29, 0.717) is 19.5 Å². The molecule has 4 heteroatoms. The van der Waals surface area contributed by atoms with Crippen LogP contribution in [0.4, 0.5) is 0 Å². The molecule has 0 bridgehead atoms. The molecule has 0 saturated carbocycles. The molecular formula is C7H16N2O2. The lowest BCUT2D eigenvalue weighted by Crippen LogP contribution is -2.36. The SMILES string of the molecule is CCC(O)CNC(=O)CNC. The fourth-order valence-electron chi connectivity index (χ4n) is 0.599. The zero-order valence-corrected chi connectivity index (χ0v) is 7.05. The zero-order chi connectivity index (χ0) is 8.69. The van der Waals surface area contributed by atoms with Crippen LogP contribution in [0, 0.1) is 0 Å². The van der Waals surface area contributed by atoms with Crippen LogP contribution >= 0.6 is 0 Å². The van der Waals surface area contributed by atoms with Gasteiger partial charge in [0.1, 0.15) is 0 Å². The lowest BCUT2D eigenvalue weighted by atomic mass is 10.3. The van der Waals surface area contributed by atoms with Gasteiger partial charge in [0.2, 0.25) is 5.91 Å². The second-order valence-corrected chi connectivity index (χ2v) is 2.40. The van der Waals surface area contributed by atoms with Gasteiger partial charge in [-0.2, -0.15) is 0 Å². The summed E-state index contributed by atoms with van der Waals surface area (Å²) in [5, 5.41) is 14.3. The van der Waals surface area contributed by atoms with Gasteiger partial charge in [0.25, 0.3) is 0 Å². The normalized spacial score (nSPS) is 12.6. The van der Waals surface area contributed by atoms with Gasteiger partial charge < -0.3 is 15.7 Å². The smallest absolute Gasteiger partial charge is 0.234 e. The third kappa shape index (κ3) is 5.82. The predicted molar refractivity (Wildman–Crippen MR) is 43.2 cm³/mol. The Bertz CT molecular complexity index is 117. The van der Waals surface area contributed by atoms with E-state index in [4.69, 9.17) is 5.11 Å². The van der Waals surface area contributed by atoms with E-state index in [0.717, 1.165) is 0 Å². The maximum absolute atomic E-state index is 10.8. The number of nitrogens with one attached hydrogen (secondary N) is 2. The summed E-state index contributed by atoms with van der Waals surface area (Å²) < 4.78 is 0. The third-order valence-electron chi connectivity index (χ3n) is 1.34. The van der Waals surface area contributed by atoms with Crippen LogP contribution in [0.1, 0.15) is 13.3 Å². The van der Waals surface area contributed by atoms with Crippen molar-refractivity contribution >= 4 is 5.91 Å². The molecule has 0 aliphatic heterocycles. The second kappa shape index (κ2) is 6.12. The molecule has 0 rings (SSSR count). The van der Waals surface area contributed by atoms with Crippen LogP contribution in [0.3, 0.4) is 0 Å². The van der Waals surface area contributed by atoms with Crippen molar-refractivity contribution in [2.45, 2.75) is 19.4 Å². The summed E-state index contributed by atoms with van der Waals surface area (Å²) >= 11 is 0. The van der Waals surface area contributed by atoms with Crippen LogP contribution in [0.25, 0.3) is 0 Å². The first-order chi connectivity index (χ1) is 5.20. The molecule has 3 N–H and O–H groups in total. The van der Waals surface area contributed by atoms with Gasteiger partial charge in [-0.15, -0.1) is 0 Å². The van der Waals surface area contributed by atoms with Crippen molar-refractivity contribution in [3.63, 3.8) is 0 Å². The summed E-state index contributed by atoms with van der Waals surface area (Å²) in [6, 6.07) is 0. The van der Waals surface area contributed by atoms with Gasteiger partial charge in [-0.25, -0.2) is 0 Å². The molecule has 0 fully saturated rings. The molecule has 0 saturated heterocycles. The molecule has 11 heavy (non-hydrogen) atoms. The lowest BCUT2D eigenvalue weighted by molar-refractivity contribution is -0.120. The zero-order valence-electron chi connectivity index (χ0n) is 7.05. The first-order valence-electron chi connectivity index (χ1n) is 3.80. The van der Waals surface area contributed by atoms with Crippen LogP contribution in [-0.2, 0) is 4.79 Å². The van der Waals surface area contributed by atoms with Crippen LogP contribution < -0.4 is 10.6 Å². The van der Waals surface area contributed by atoms with Gasteiger partial charge in [0.05, 0.1) is 12.6 Å². The minimum atomic E-state index is -0.421. The standard InChI is InChI=1S/C7H16N2O2/c1-3-6(10)4-9-7(11)5-8-2/h6,8,10H,3-5H2,1-2H3,(H,9,11). The highest BCUT2D eigenvalue weighted by molar-refractivity contribution is 5.77. The van der Waals surface area contributed by atoms with Crippen molar-refractivity contribution in [2.24, 2.45) is 0 Å². The van der Waals surface area contributed by atoms with E-state index in [2.05, 4.69) is 10.6 Å². The molecule has 1 atom stereocenters. The van der Waals surface area contributed by atoms with Gasteiger partial charge in [-0.05, 0) is 13.5 Å². The molecule has 1 unspecified atom stereocenters. The molecule has 0 aliphatic carbocycles. The largest absolute Gasteiger partial charge is 0.391 e. The minimum Gasteiger partial charge on any atom is -0.391 e. The molecule has 0 aliphatic rings. The Hall–Kier alpha value is -0.610. The Morgan fingerprint density at radius 3 is 2.73 bits per heavy atom. The molecule has 66 valence electrons. The van der Waals surface area contributed by atoms with Gasteiger partial charge >= 0.3 is 0 Å². The molecule has 0 aromatic carbocycles. The van der Waals surface area contributed by atoms with E-state index in [9.17, 15) is 4.79 Å². The third-order valence-corrected chi connectivity index (χ3v) is 1.34. The number of amides is 1. The molecule has 0 spiro atoms. The Balaban J connectivity index is 3.30. The summed E-state index contributed by atoms with van der Waals surface area (Å²) in [4.78, 5) is 10.8. The van der Waals surface area contributed by atoms with Crippen molar-refractivity contribution in [2.75, 3.05) is 20.1 Å². The summed E-state index contributed by atoms with van der Waals surface area (Å²) in [6.07, 6.45) is 0.246. The second-order valence-electron chi connectivity index (χ2n) is 2.40. The monoisotopic (exact) mass is 160 g/mol. The van der Waals surface area contributed by atoms with E-state index < -0.39 is 6.10 Å². The van der Waals surface area contributed by atoms with Crippen molar-refractivity contribution in [3.8, 4) is 0 Å².